The second kappa shape index (κ2) is 8.44. The van der Waals surface area contributed by atoms with E-state index in [-0.39, 0.29) is 23.0 Å². The van der Waals surface area contributed by atoms with E-state index in [4.69, 9.17) is 0 Å². The highest BCUT2D eigenvalue weighted by molar-refractivity contribution is 7.89. The van der Waals surface area contributed by atoms with E-state index < -0.39 is 16.0 Å². The molecule has 0 aliphatic heterocycles. The van der Waals surface area contributed by atoms with Crippen LogP contribution in [-0.2, 0) is 14.8 Å². The third-order valence-electron chi connectivity index (χ3n) is 4.12. The van der Waals surface area contributed by atoms with Crippen molar-refractivity contribution in [3.05, 3.63) is 65.2 Å². The van der Waals surface area contributed by atoms with E-state index in [0.717, 1.165) is 11.1 Å². The quantitative estimate of drug-likeness (QED) is 0.751. The average Bonchev–Trinajstić information content (AvgIpc) is 2.62. The number of carbonyl (C=O) groups excluding carboxylic acids is 1. The number of nitrogens with zero attached hydrogens (tertiary/aromatic N) is 1. The first kappa shape index (κ1) is 20.1. The fourth-order valence-electron chi connectivity index (χ4n) is 2.57. The summed E-state index contributed by atoms with van der Waals surface area (Å²) in [6, 6.07) is 13.7. The number of rotatable bonds is 7. The summed E-state index contributed by atoms with van der Waals surface area (Å²) in [6.07, 6.45) is 0. The van der Waals surface area contributed by atoms with Crippen molar-refractivity contribution in [3.63, 3.8) is 0 Å². The van der Waals surface area contributed by atoms with Gasteiger partial charge < -0.3 is 9.64 Å². The molecule has 6 nitrogen and oxygen atoms in total. The molecular weight excluding hydrogens is 352 g/mol. The first-order chi connectivity index (χ1) is 12.2. The van der Waals surface area contributed by atoms with Crippen LogP contribution in [0, 0.1) is 6.92 Å². The van der Waals surface area contributed by atoms with Gasteiger partial charge in [-0.15, -0.1) is 0 Å². The maximum absolute atomic E-state index is 12.6. The number of benzene rings is 2. The first-order valence-electron chi connectivity index (χ1n) is 8.15. The van der Waals surface area contributed by atoms with Gasteiger partial charge in [0.2, 0.25) is 10.0 Å². The zero-order chi connectivity index (χ0) is 19.3. The Morgan fingerprint density at radius 1 is 1.15 bits per heavy atom. The average molecular weight is 376 g/mol. The molecule has 2 rings (SSSR count). The largest absolute Gasteiger partial charge is 0.465 e. The molecule has 1 unspecified atom stereocenters. The van der Waals surface area contributed by atoms with Gasteiger partial charge in [-0.2, -0.15) is 0 Å². The number of nitrogens with one attached hydrogen (secondary N) is 1. The number of esters is 1. The fraction of sp³-hybridized carbons (Fsp3) is 0.316. The summed E-state index contributed by atoms with van der Waals surface area (Å²) in [6.45, 7) is 2.21. The first-order valence-corrected chi connectivity index (χ1v) is 9.64. The minimum Gasteiger partial charge on any atom is -0.465 e. The maximum Gasteiger partial charge on any atom is 0.337 e. The Morgan fingerprint density at radius 2 is 1.81 bits per heavy atom. The van der Waals surface area contributed by atoms with Crippen molar-refractivity contribution in [3.8, 4) is 0 Å². The monoisotopic (exact) mass is 376 g/mol. The molecule has 0 fully saturated rings. The van der Waals surface area contributed by atoms with Crippen LogP contribution in [0.25, 0.3) is 0 Å². The molecule has 0 heterocycles. The van der Waals surface area contributed by atoms with Crippen molar-refractivity contribution in [2.75, 3.05) is 27.7 Å². The van der Waals surface area contributed by atoms with E-state index in [9.17, 15) is 13.2 Å². The Labute approximate surface area is 154 Å². The predicted molar refractivity (Wildman–Crippen MR) is 101 cm³/mol. The third-order valence-corrected chi connectivity index (χ3v) is 5.54. The highest BCUT2D eigenvalue weighted by Gasteiger charge is 2.20. The van der Waals surface area contributed by atoms with Crippen LogP contribution in [0.1, 0.15) is 27.5 Å². The SMILES string of the molecule is COC(=O)c1cccc(S(=O)(=O)NCC(c2ccc(C)cc2)N(C)C)c1. The molecule has 0 saturated heterocycles. The van der Waals surface area contributed by atoms with E-state index in [1.807, 2.05) is 50.2 Å². The molecule has 0 saturated carbocycles. The van der Waals surface area contributed by atoms with E-state index in [2.05, 4.69) is 9.46 Å². The van der Waals surface area contributed by atoms with Gasteiger partial charge in [0, 0.05) is 12.6 Å². The van der Waals surface area contributed by atoms with Gasteiger partial charge in [0.25, 0.3) is 0 Å². The highest BCUT2D eigenvalue weighted by Crippen LogP contribution is 2.19. The molecule has 26 heavy (non-hydrogen) atoms. The second-order valence-corrected chi connectivity index (χ2v) is 8.03. The second-order valence-electron chi connectivity index (χ2n) is 6.26. The lowest BCUT2D eigenvalue weighted by molar-refractivity contribution is 0.0600. The minimum absolute atomic E-state index is 0.0295. The number of methoxy groups -OCH3 is 1. The molecule has 0 amide bonds. The van der Waals surface area contributed by atoms with Gasteiger partial charge in [-0.05, 0) is 44.8 Å². The number of aryl methyl sites for hydroxylation is 1. The Balaban J connectivity index is 2.20. The number of carbonyl (C=O) groups is 1. The van der Waals surface area contributed by atoms with Crippen LogP contribution >= 0.6 is 0 Å². The maximum atomic E-state index is 12.6. The van der Waals surface area contributed by atoms with Crippen molar-refractivity contribution in [1.29, 1.82) is 0 Å². The predicted octanol–water partition coefficient (Wildman–Crippen LogP) is 2.36. The molecule has 0 spiro atoms. The molecular formula is C19H24N2O4S. The van der Waals surface area contributed by atoms with Crippen LogP contribution in [-0.4, -0.2) is 47.0 Å². The number of ether oxygens (including phenoxy) is 1. The Bertz CT molecular complexity index is 861. The van der Waals surface area contributed by atoms with E-state index in [1.165, 1.54) is 31.4 Å². The molecule has 0 bridgehead atoms. The lowest BCUT2D eigenvalue weighted by Crippen LogP contribution is -2.34. The lowest BCUT2D eigenvalue weighted by Gasteiger charge is -2.25. The molecule has 0 aliphatic carbocycles. The molecule has 0 radical (unpaired) electrons. The fourth-order valence-corrected chi connectivity index (χ4v) is 3.65. The zero-order valence-electron chi connectivity index (χ0n) is 15.4. The third kappa shape index (κ3) is 4.91. The van der Waals surface area contributed by atoms with Crippen LogP contribution in [0.3, 0.4) is 0 Å². The molecule has 1 N–H and O–H groups in total. The summed E-state index contributed by atoms with van der Waals surface area (Å²) >= 11 is 0. The number of likely N-dealkylation sites (N-methyl/N-ethyl adjacent to an activating group) is 1. The van der Waals surface area contributed by atoms with Gasteiger partial charge in [0.1, 0.15) is 0 Å². The molecule has 140 valence electrons. The van der Waals surface area contributed by atoms with E-state index in [0.29, 0.717) is 0 Å². The molecule has 2 aromatic rings. The summed E-state index contributed by atoms with van der Waals surface area (Å²) in [5.41, 5.74) is 2.36. The Morgan fingerprint density at radius 3 is 2.38 bits per heavy atom. The molecule has 1 atom stereocenters. The van der Waals surface area contributed by atoms with E-state index in [1.54, 1.807) is 0 Å². The van der Waals surface area contributed by atoms with Crippen molar-refractivity contribution in [2.45, 2.75) is 17.9 Å². The van der Waals surface area contributed by atoms with Gasteiger partial charge in [0.15, 0.2) is 0 Å². The number of sulfonamides is 1. The molecule has 7 heteroatoms. The van der Waals surface area contributed by atoms with Gasteiger partial charge in [-0.3, -0.25) is 0 Å². The van der Waals surface area contributed by atoms with Crippen LogP contribution in [0.5, 0.6) is 0 Å². The van der Waals surface area contributed by atoms with Crippen LogP contribution in [0.15, 0.2) is 53.4 Å². The van der Waals surface area contributed by atoms with Gasteiger partial charge in [-0.25, -0.2) is 17.9 Å². The van der Waals surface area contributed by atoms with Crippen LogP contribution in [0.4, 0.5) is 0 Å². The molecule has 2 aromatic carbocycles. The van der Waals surface area contributed by atoms with Gasteiger partial charge in [0.05, 0.1) is 17.6 Å². The normalized spacial score (nSPS) is 12.8. The molecule has 0 aliphatic rings. The summed E-state index contributed by atoms with van der Waals surface area (Å²) < 4.78 is 32.5. The number of hydrogen-bond acceptors (Lipinski definition) is 5. The zero-order valence-corrected chi connectivity index (χ0v) is 16.2. The molecule has 0 aromatic heterocycles. The van der Waals surface area contributed by atoms with Crippen LogP contribution < -0.4 is 4.72 Å². The van der Waals surface area contributed by atoms with Crippen molar-refractivity contribution >= 4 is 16.0 Å². The summed E-state index contributed by atoms with van der Waals surface area (Å²) in [5, 5.41) is 0. The summed E-state index contributed by atoms with van der Waals surface area (Å²) in [5.74, 6) is -0.576. The highest BCUT2D eigenvalue weighted by atomic mass is 32.2. The topological polar surface area (TPSA) is 75.7 Å². The van der Waals surface area contributed by atoms with Crippen molar-refractivity contribution in [1.82, 2.24) is 9.62 Å². The van der Waals surface area contributed by atoms with E-state index >= 15 is 0 Å². The van der Waals surface area contributed by atoms with Crippen molar-refractivity contribution in [2.24, 2.45) is 0 Å². The van der Waals surface area contributed by atoms with Gasteiger partial charge in [-0.1, -0.05) is 35.9 Å². The Hall–Kier alpha value is -2.22. The van der Waals surface area contributed by atoms with Crippen molar-refractivity contribution < 1.29 is 17.9 Å². The lowest BCUT2D eigenvalue weighted by atomic mass is 10.0. The van der Waals surface area contributed by atoms with Gasteiger partial charge >= 0.3 is 5.97 Å². The smallest absolute Gasteiger partial charge is 0.337 e. The summed E-state index contributed by atoms with van der Waals surface area (Å²) in [7, 11) is 1.30. The summed E-state index contributed by atoms with van der Waals surface area (Å²) in [4.78, 5) is 13.6. The van der Waals surface area contributed by atoms with Crippen LogP contribution in [0.2, 0.25) is 0 Å². The number of hydrogen-bond donors (Lipinski definition) is 1. The Kier molecular flexibility index (Phi) is 6.52. The minimum atomic E-state index is -3.75. The standard InChI is InChI=1S/C19H24N2O4S/c1-14-8-10-15(11-9-14)18(21(2)3)13-20-26(23,24)17-7-5-6-16(12-17)19(22)25-4/h5-12,18,20H,13H2,1-4H3.